The van der Waals surface area contributed by atoms with Crippen molar-refractivity contribution >= 4 is 22.5 Å². The molecule has 1 aliphatic heterocycles. The van der Waals surface area contributed by atoms with E-state index in [1.165, 1.54) is 12.8 Å². The number of amides is 2. The standard InChI is InChI=1S/C17H24N2O3S/c1-17(2)12-19(9-10-23(17)21)16(20)18-14-5-7-15(8-6-14)22-11-13-3-4-13/h5-8,13H,3-4,9-12H2,1-2H3,(H,18,20)/t23-/m0/s1. The van der Waals surface area contributed by atoms with E-state index in [-0.39, 0.29) is 10.8 Å². The summed E-state index contributed by atoms with van der Waals surface area (Å²) in [6.07, 6.45) is 2.54. The maximum atomic E-state index is 12.4. The van der Waals surface area contributed by atoms with Crippen LogP contribution in [0.1, 0.15) is 26.7 Å². The molecule has 1 atom stereocenters. The first-order chi connectivity index (χ1) is 10.9. The maximum Gasteiger partial charge on any atom is 0.321 e. The molecule has 126 valence electrons. The van der Waals surface area contributed by atoms with Crippen LogP contribution in [-0.2, 0) is 10.8 Å². The molecule has 0 aromatic heterocycles. The predicted octanol–water partition coefficient (Wildman–Crippen LogP) is 2.85. The monoisotopic (exact) mass is 336 g/mol. The van der Waals surface area contributed by atoms with Gasteiger partial charge in [-0.2, -0.15) is 0 Å². The summed E-state index contributed by atoms with van der Waals surface area (Å²) in [6, 6.07) is 7.34. The van der Waals surface area contributed by atoms with Crippen LogP contribution in [0.3, 0.4) is 0 Å². The molecule has 1 N–H and O–H groups in total. The van der Waals surface area contributed by atoms with Gasteiger partial charge in [0.25, 0.3) is 0 Å². The Kier molecular flexibility index (Phi) is 4.62. The molecule has 23 heavy (non-hydrogen) atoms. The summed E-state index contributed by atoms with van der Waals surface area (Å²) >= 11 is 0. The first-order valence-corrected chi connectivity index (χ1v) is 9.43. The lowest BCUT2D eigenvalue weighted by atomic mass is 10.2. The second-order valence-corrected chi connectivity index (χ2v) is 9.14. The Morgan fingerprint density at radius 1 is 1.35 bits per heavy atom. The number of hydrogen-bond acceptors (Lipinski definition) is 3. The molecule has 1 saturated carbocycles. The van der Waals surface area contributed by atoms with Gasteiger partial charge < -0.3 is 15.0 Å². The van der Waals surface area contributed by atoms with E-state index in [0.29, 0.717) is 18.8 Å². The van der Waals surface area contributed by atoms with Gasteiger partial charge in [-0.1, -0.05) is 0 Å². The fraction of sp³-hybridized carbons (Fsp3) is 0.588. The number of anilines is 1. The summed E-state index contributed by atoms with van der Waals surface area (Å²) in [6.45, 7) is 5.70. The average Bonchev–Trinajstić information content (AvgIpc) is 3.33. The second kappa shape index (κ2) is 6.51. The molecule has 1 saturated heterocycles. The molecular weight excluding hydrogens is 312 g/mol. The zero-order valence-corrected chi connectivity index (χ0v) is 14.5. The number of rotatable bonds is 4. The molecule has 5 nitrogen and oxygen atoms in total. The maximum absolute atomic E-state index is 12.4. The van der Waals surface area contributed by atoms with Gasteiger partial charge in [0.15, 0.2) is 0 Å². The van der Waals surface area contributed by atoms with Crippen LogP contribution in [0, 0.1) is 5.92 Å². The molecule has 6 heteroatoms. The minimum absolute atomic E-state index is 0.138. The van der Waals surface area contributed by atoms with E-state index in [1.807, 2.05) is 38.1 Å². The van der Waals surface area contributed by atoms with Crippen molar-refractivity contribution in [3.8, 4) is 5.75 Å². The smallest absolute Gasteiger partial charge is 0.321 e. The van der Waals surface area contributed by atoms with Crippen molar-refractivity contribution in [1.29, 1.82) is 0 Å². The number of urea groups is 1. The van der Waals surface area contributed by atoms with Gasteiger partial charge in [-0.05, 0) is 56.9 Å². The van der Waals surface area contributed by atoms with Gasteiger partial charge in [-0.15, -0.1) is 0 Å². The summed E-state index contributed by atoms with van der Waals surface area (Å²) < 4.78 is 17.3. The summed E-state index contributed by atoms with van der Waals surface area (Å²) in [7, 11) is -0.877. The van der Waals surface area contributed by atoms with Crippen LogP contribution in [0.2, 0.25) is 0 Å². The van der Waals surface area contributed by atoms with Crippen LogP contribution in [0.5, 0.6) is 5.75 Å². The molecule has 3 rings (SSSR count). The summed E-state index contributed by atoms with van der Waals surface area (Å²) in [4.78, 5) is 14.1. The Morgan fingerprint density at radius 3 is 2.65 bits per heavy atom. The third-order valence-corrected chi connectivity index (χ3v) is 6.23. The van der Waals surface area contributed by atoms with Crippen molar-refractivity contribution in [2.75, 3.05) is 30.8 Å². The Balaban J connectivity index is 1.53. The van der Waals surface area contributed by atoms with Crippen LogP contribution >= 0.6 is 0 Å². The lowest BCUT2D eigenvalue weighted by Crippen LogP contribution is -2.53. The quantitative estimate of drug-likeness (QED) is 0.920. The molecular formula is C17H24N2O3S. The highest BCUT2D eigenvalue weighted by Crippen LogP contribution is 2.29. The minimum atomic E-state index is -0.877. The Hall–Kier alpha value is -1.56. The van der Waals surface area contributed by atoms with Crippen LogP contribution in [0.25, 0.3) is 0 Å². The van der Waals surface area contributed by atoms with Crippen molar-refractivity contribution in [1.82, 2.24) is 4.90 Å². The number of hydrogen-bond donors (Lipinski definition) is 1. The van der Waals surface area contributed by atoms with Gasteiger partial charge in [0.2, 0.25) is 0 Å². The number of ether oxygens (including phenoxy) is 1. The molecule has 1 aromatic carbocycles. The van der Waals surface area contributed by atoms with E-state index in [4.69, 9.17) is 4.74 Å². The van der Waals surface area contributed by atoms with Gasteiger partial charge in [0.05, 0.1) is 11.4 Å². The number of carbonyl (C=O) groups is 1. The molecule has 1 aromatic rings. The predicted molar refractivity (Wildman–Crippen MR) is 92.3 cm³/mol. The molecule has 0 bridgehead atoms. The Labute approximate surface area is 139 Å². The number of nitrogens with one attached hydrogen (secondary N) is 1. The molecule has 1 heterocycles. The van der Waals surface area contributed by atoms with Crippen LogP contribution < -0.4 is 10.1 Å². The van der Waals surface area contributed by atoms with Crippen molar-refractivity contribution in [3.63, 3.8) is 0 Å². The highest BCUT2D eigenvalue weighted by atomic mass is 32.2. The molecule has 2 amide bonds. The largest absolute Gasteiger partial charge is 0.493 e. The first kappa shape index (κ1) is 16.3. The molecule has 2 aliphatic rings. The summed E-state index contributed by atoms with van der Waals surface area (Å²) in [5, 5.41) is 2.90. The molecule has 0 spiro atoms. The van der Waals surface area contributed by atoms with Gasteiger partial charge in [0.1, 0.15) is 5.75 Å². The number of nitrogens with zero attached hydrogens (tertiary/aromatic N) is 1. The Bertz CT molecular complexity index is 596. The van der Waals surface area contributed by atoms with Crippen molar-refractivity contribution in [2.45, 2.75) is 31.4 Å². The van der Waals surface area contributed by atoms with E-state index in [0.717, 1.165) is 24.0 Å². The van der Waals surface area contributed by atoms with Crippen LogP contribution in [0.4, 0.5) is 10.5 Å². The van der Waals surface area contributed by atoms with E-state index in [9.17, 15) is 9.00 Å². The third kappa shape index (κ3) is 4.25. The van der Waals surface area contributed by atoms with Gasteiger partial charge in [-0.3, -0.25) is 4.21 Å². The zero-order valence-electron chi connectivity index (χ0n) is 13.7. The minimum Gasteiger partial charge on any atom is -0.493 e. The molecule has 2 fully saturated rings. The second-order valence-electron chi connectivity index (χ2n) is 6.94. The van der Waals surface area contributed by atoms with E-state index in [2.05, 4.69) is 5.32 Å². The van der Waals surface area contributed by atoms with Crippen molar-refractivity contribution in [2.24, 2.45) is 5.92 Å². The normalized spacial score (nSPS) is 23.4. The van der Waals surface area contributed by atoms with E-state index in [1.54, 1.807) is 4.90 Å². The van der Waals surface area contributed by atoms with Gasteiger partial charge >= 0.3 is 6.03 Å². The molecule has 0 unspecified atom stereocenters. The number of carbonyl (C=O) groups excluding carboxylic acids is 1. The number of benzene rings is 1. The highest BCUT2D eigenvalue weighted by Gasteiger charge is 2.35. The fourth-order valence-corrected chi connectivity index (χ4v) is 3.83. The lowest BCUT2D eigenvalue weighted by Gasteiger charge is -2.37. The first-order valence-electron chi connectivity index (χ1n) is 8.11. The van der Waals surface area contributed by atoms with Gasteiger partial charge in [0, 0.05) is 35.3 Å². The fourth-order valence-electron chi connectivity index (χ4n) is 2.59. The Morgan fingerprint density at radius 2 is 2.04 bits per heavy atom. The van der Waals surface area contributed by atoms with E-state index >= 15 is 0 Å². The molecule has 0 radical (unpaired) electrons. The zero-order chi connectivity index (χ0) is 16.4. The highest BCUT2D eigenvalue weighted by molar-refractivity contribution is 7.86. The third-order valence-electron chi connectivity index (χ3n) is 4.31. The van der Waals surface area contributed by atoms with Crippen molar-refractivity contribution in [3.05, 3.63) is 24.3 Å². The summed E-state index contributed by atoms with van der Waals surface area (Å²) in [5.74, 6) is 2.10. The SMILES string of the molecule is CC1(C)CN(C(=O)Nc2ccc(OCC3CC3)cc2)CC[S@@]1=O. The molecule has 1 aliphatic carbocycles. The van der Waals surface area contributed by atoms with Crippen LogP contribution in [0.15, 0.2) is 24.3 Å². The van der Waals surface area contributed by atoms with Gasteiger partial charge in [-0.25, -0.2) is 4.79 Å². The lowest BCUT2D eigenvalue weighted by molar-refractivity contribution is 0.207. The average molecular weight is 336 g/mol. The van der Waals surface area contributed by atoms with Crippen LogP contribution in [-0.4, -0.2) is 45.3 Å². The van der Waals surface area contributed by atoms with Crippen molar-refractivity contribution < 1.29 is 13.7 Å². The topological polar surface area (TPSA) is 58.6 Å². The van der Waals surface area contributed by atoms with E-state index < -0.39 is 10.8 Å². The summed E-state index contributed by atoms with van der Waals surface area (Å²) in [5.41, 5.74) is 0.748.